The molecule has 0 unspecified atom stereocenters. The molecule has 0 aromatic heterocycles. The van der Waals surface area contributed by atoms with Gasteiger partial charge in [0, 0.05) is 13.1 Å². The molecule has 0 saturated carbocycles. The third-order valence-electron chi connectivity index (χ3n) is 3.98. The van der Waals surface area contributed by atoms with E-state index in [-0.39, 0.29) is 12.5 Å². The van der Waals surface area contributed by atoms with E-state index in [2.05, 4.69) is 16.3 Å². The van der Waals surface area contributed by atoms with Crippen molar-refractivity contribution in [3.63, 3.8) is 0 Å². The number of anilines is 2. The van der Waals surface area contributed by atoms with Crippen LogP contribution >= 0.6 is 0 Å². The number of para-hydroxylation sites is 2. The van der Waals surface area contributed by atoms with Crippen molar-refractivity contribution in [2.24, 2.45) is 0 Å². The monoisotopic (exact) mass is 310 g/mol. The van der Waals surface area contributed by atoms with E-state index >= 15 is 0 Å². The summed E-state index contributed by atoms with van der Waals surface area (Å²) in [5.41, 5.74) is 3.06. The number of nitrogens with zero attached hydrogens (tertiary/aromatic N) is 1. The maximum absolute atomic E-state index is 12.2. The number of carbonyl (C=O) groups excluding carboxylic acids is 1. The number of amides is 1. The summed E-state index contributed by atoms with van der Waals surface area (Å²) in [6.45, 7) is 4.11. The van der Waals surface area contributed by atoms with Gasteiger partial charge in [0.1, 0.15) is 5.75 Å². The number of hydrogen-bond acceptors (Lipinski definition) is 3. The lowest BCUT2D eigenvalue weighted by atomic mass is 10.2. The molecular formula is C19H22N2O2. The van der Waals surface area contributed by atoms with Crippen molar-refractivity contribution in [2.75, 3.05) is 29.9 Å². The van der Waals surface area contributed by atoms with Gasteiger partial charge in [-0.15, -0.1) is 0 Å². The Bertz CT molecular complexity index is 679. The van der Waals surface area contributed by atoms with Gasteiger partial charge in [0.15, 0.2) is 6.61 Å². The van der Waals surface area contributed by atoms with Gasteiger partial charge in [-0.2, -0.15) is 0 Å². The van der Waals surface area contributed by atoms with Crippen molar-refractivity contribution < 1.29 is 9.53 Å². The molecule has 23 heavy (non-hydrogen) atoms. The molecule has 1 saturated heterocycles. The van der Waals surface area contributed by atoms with Gasteiger partial charge in [-0.1, -0.05) is 24.3 Å². The molecule has 1 aliphatic rings. The molecule has 3 rings (SSSR count). The van der Waals surface area contributed by atoms with Crippen molar-refractivity contribution in [3.05, 3.63) is 54.1 Å². The van der Waals surface area contributed by atoms with Crippen LogP contribution in [0.2, 0.25) is 0 Å². The minimum Gasteiger partial charge on any atom is -0.484 e. The van der Waals surface area contributed by atoms with Crippen LogP contribution in [0.4, 0.5) is 11.4 Å². The molecule has 1 amide bonds. The second kappa shape index (κ2) is 7.18. The Kier molecular flexibility index (Phi) is 4.81. The molecule has 4 nitrogen and oxygen atoms in total. The van der Waals surface area contributed by atoms with E-state index < -0.39 is 0 Å². The molecule has 0 spiro atoms. The number of benzene rings is 2. The van der Waals surface area contributed by atoms with E-state index in [0.717, 1.165) is 30.0 Å². The van der Waals surface area contributed by atoms with E-state index in [9.17, 15) is 4.79 Å². The Morgan fingerprint density at radius 3 is 2.70 bits per heavy atom. The molecule has 1 heterocycles. The summed E-state index contributed by atoms with van der Waals surface area (Å²) in [6.07, 6.45) is 2.41. The fraction of sp³-hybridized carbons (Fsp3) is 0.316. The summed E-state index contributed by atoms with van der Waals surface area (Å²) in [5, 5.41) is 2.97. The van der Waals surface area contributed by atoms with Gasteiger partial charge in [-0.3, -0.25) is 4.79 Å². The molecule has 0 atom stereocenters. The lowest BCUT2D eigenvalue weighted by Crippen LogP contribution is -2.24. The number of rotatable bonds is 5. The van der Waals surface area contributed by atoms with Crippen molar-refractivity contribution in [2.45, 2.75) is 19.8 Å². The quantitative estimate of drug-likeness (QED) is 0.917. The van der Waals surface area contributed by atoms with Gasteiger partial charge in [-0.25, -0.2) is 0 Å². The van der Waals surface area contributed by atoms with Gasteiger partial charge in [0.05, 0.1) is 11.4 Å². The molecule has 0 bridgehead atoms. The van der Waals surface area contributed by atoms with Crippen molar-refractivity contribution in [3.8, 4) is 5.75 Å². The lowest BCUT2D eigenvalue weighted by molar-refractivity contribution is -0.118. The molecule has 2 aromatic rings. The molecule has 0 aliphatic carbocycles. The number of carbonyl (C=O) groups is 1. The lowest BCUT2D eigenvalue weighted by Gasteiger charge is -2.21. The van der Waals surface area contributed by atoms with Crippen molar-refractivity contribution in [1.29, 1.82) is 0 Å². The standard InChI is InChI=1S/C19H22N2O2/c1-15-7-6-8-16(13-15)23-14-19(22)20-17-9-2-3-10-18(17)21-11-4-5-12-21/h2-3,6-10,13H,4-5,11-12,14H2,1H3,(H,20,22). The summed E-state index contributed by atoms with van der Waals surface area (Å²) >= 11 is 0. The molecule has 0 radical (unpaired) electrons. The number of aryl methyl sites for hydroxylation is 1. The highest BCUT2D eigenvalue weighted by Crippen LogP contribution is 2.28. The second-order valence-electron chi connectivity index (χ2n) is 5.86. The fourth-order valence-electron chi connectivity index (χ4n) is 2.85. The Balaban J connectivity index is 1.61. The normalized spacial score (nSPS) is 13.9. The summed E-state index contributed by atoms with van der Waals surface area (Å²) in [6, 6.07) is 15.7. The van der Waals surface area contributed by atoms with Crippen LogP contribution in [0.3, 0.4) is 0 Å². The Hall–Kier alpha value is -2.49. The molecule has 4 heteroatoms. The smallest absolute Gasteiger partial charge is 0.262 e. The Morgan fingerprint density at radius 1 is 1.13 bits per heavy atom. The summed E-state index contributed by atoms with van der Waals surface area (Å²) in [7, 11) is 0. The maximum atomic E-state index is 12.2. The minimum absolute atomic E-state index is 0.0117. The van der Waals surface area contributed by atoms with Crippen LogP contribution in [-0.4, -0.2) is 25.6 Å². The molecule has 2 aromatic carbocycles. The van der Waals surface area contributed by atoms with Gasteiger partial charge < -0.3 is 15.0 Å². The predicted octanol–water partition coefficient (Wildman–Crippen LogP) is 3.61. The first-order valence-corrected chi connectivity index (χ1v) is 8.06. The number of ether oxygens (including phenoxy) is 1. The van der Waals surface area contributed by atoms with E-state index in [1.807, 2.05) is 49.4 Å². The van der Waals surface area contributed by atoms with Gasteiger partial charge in [-0.05, 0) is 49.6 Å². The minimum atomic E-state index is -0.141. The molecule has 1 aliphatic heterocycles. The third kappa shape index (κ3) is 4.03. The third-order valence-corrected chi connectivity index (χ3v) is 3.98. The highest BCUT2D eigenvalue weighted by molar-refractivity contribution is 5.95. The first-order chi connectivity index (χ1) is 11.2. The van der Waals surface area contributed by atoms with Crippen LogP contribution < -0.4 is 15.0 Å². The second-order valence-corrected chi connectivity index (χ2v) is 5.86. The average molecular weight is 310 g/mol. The molecule has 1 fully saturated rings. The van der Waals surface area contributed by atoms with Crippen LogP contribution in [0, 0.1) is 6.92 Å². The van der Waals surface area contributed by atoms with E-state index in [1.165, 1.54) is 12.8 Å². The molecule has 1 N–H and O–H groups in total. The topological polar surface area (TPSA) is 41.6 Å². The molecule has 120 valence electrons. The van der Waals surface area contributed by atoms with Crippen LogP contribution in [0.1, 0.15) is 18.4 Å². The summed E-state index contributed by atoms with van der Waals surface area (Å²) in [4.78, 5) is 14.5. The largest absolute Gasteiger partial charge is 0.484 e. The van der Waals surface area contributed by atoms with Crippen molar-refractivity contribution in [1.82, 2.24) is 0 Å². The summed E-state index contributed by atoms with van der Waals surface area (Å²) in [5.74, 6) is 0.575. The number of hydrogen-bond donors (Lipinski definition) is 1. The maximum Gasteiger partial charge on any atom is 0.262 e. The zero-order valence-electron chi connectivity index (χ0n) is 13.4. The predicted molar refractivity (Wildman–Crippen MR) is 93.2 cm³/mol. The van der Waals surface area contributed by atoms with E-state index in [0.29, 0.717) is 5.75 Å². The van der Waals surface area contributed by atoms with Crippen LogP contribution in [0.5, 0.6) is 5.75 Å². The Labute approximate surface area is 137 Å². The fourth-order valence-corrected chi connectivity index (χ4v) is 2.85. The van der Waals surface area contributed by atoms with Crippen molar-refractivity contribution >= 4 is 17.3 Å². The van der Waals surface area contributed by atoms with Crippen LogP contribution in [-0.2, 0) is 4.79 Å². The SMILES string of the molecule is Cc1cccc(OCC(=O)Nc2ccccc2N2CCCC2)c1. The number of nitrogens with one attached hydrogen (secondary N) is 1. The van der Waals surface area contributed by atoms with E-state index in [1.54, 1.807) is 0 Å². The zero-order valence-corrected chi connectivity index (χ0v) is 13.4. The van der Waals surface area contributed by atoms with E-state index in [4.69, 9.17) is 4.74 Å². The average Bonchev–Trinajstić information content (AvgIpc) is 3.08. The van der Waals surface area contributed by atoms with Gasteiger partial charge in [0.2, 0.25) is 0 Å². The first-order valence-electron chi connectivity index (χ1n) is 8.06. The highest BCUT2D eigenvalue weighted by Gasteiger charge is 2.16. The highest BCUT2D eigenvalue weighted by atomic mass is 16.5. The Morgan fingerprint density at radius 2 is 1.91 bits per heavy atom. The van der Waals surface area contributed by atoms with Crippen LogP contribution in [0.25, 0.3) is 0 Å². The summed E-state index contributed by atoms with van der Waals surface area (Å²) < 4.78 is 5.56. The van der Waals surface area contributed by atoms with Crippen LogP contribution in [0.15, 0.2) is 48.5 Å². The van der Waals surface area contributed by atoms with Gasteiger partial charge >= 0.3 is 0 Å². The zero-order chi connectivity index (χ0) is 16.1. The first kappa shape index (κ1) is 15.4. The van der Waals surface area contributed by atoms with Gasteiger partial charge in [0.25, 0.3) is 5.91 Å². The molecular weight excluding hydrogens is 288 g/mol.